The minimum absolute atomic E-state index is 0.478. The van der Waals surface area contributed by atoms with Gasteiger partial charge >= 0.3 is 0 Å². The first-order chi connectivity index (χ1) is 4.48. The number of aliphatic hydroxyl groups is 1. The first-order valence-electron chi connectivity index (χ1n) is 3.53. The standard InChI is InChI=1S/C9H16O/c1-5-9(4,10)7-6-8(2)3/h5-8,10H,1H2,2-4H3/b7-6+. The van der Waals surface area contributed by atoms with Gasteiger partial charge in [0.1, 0.15) is 0 Å². The summed E-state index contributed by atoms with van der Waals surface area (Å²) >= 11 is 0. The molecular weight excluding hydrogens is 124 g/mol. The van der Waals surface area contributed by atoms with Gasteiger partial charge in [-0.05, 0) is 12.8 Å². The van der Waals surface area contributed by atoms with E-state index in [-0.39, 0.29) is 0 Å². The molecular formula is C9H16O. The van der Waals surface area contributed by atoms with Gasteiger partial charge in [0.15, 0.2) is 0 Å². The van der Waals surface area contributed by atoms with Crippen molar-refractivity contribution in [3.8, 4) is 0 Å². The molecule has 0 heterocycles. The lowest BCUT2D eigenvalue weighted by Gasteiger charge is -2.12. The molecule has 0 aliphatic rings. The van der Waals surface area contributed by atoms with E-state index in [4.69, 9.17) is 0 Å². The molecule has 0 saturated heterocycles. The maximum atomic E-state index is 9.37. The molecule has 0 rings (SSSR count). The Kier molecular flexibility index (Phi) is 3.37. The molecule has 1 heteroatoms. The van der Waals surface area contributed by atoms with Gasteiger partial charge in [-0.15, -0.1) is 0 Å². The van der Waals surface area contributed by atoms with Crippen LogP contribution in [0.4, 0.5) is 0 Å². The Bertz CT molecular complexity index is 132. The highest BCUT2D eigenvalue weighted by Gasteiger charge is 2.08. The lowest BCUT2D eigenvalue weighted by atomic mass is 10.0. The van der Waals surface area contributed by atoms with Gasteiger partial charge < -0.3 is 5.11 Å². The Labute approximate surface area is 63.1 Å². The smallest absolute Gasteiger partial charge is 0.0978 e. The van der Waals surface area contributed by atoms with Crippen LogP contribution in [-0.2, 0) is 0 Å². The van der Waals surface area contributed by atoms with Crippen LogP contribution in [0.15, 0.2) is 24.8 Å². The van der Waals surface area contributed by atoms with E-state index in [1.54, 1.807) is 13.0 Å². The quantitative estimate of drug-likeness (QED) is 0.595. The van der Waals surface area contributed by atoms with Crippen LogP contribution in [0.1, 0.15) is 20.8 Å². The number of hydrogen-bond donors (Lipinski definition) is 1. The van der Waals surface area contributed by atoms with Crippen molar-refractivity contribution in [1.82, 2.24) is 0 Å². The van der Waals surface area contributed by atoms with Gasteiger partial charge in [0, 0.05) is 0 Å². The molecule has 0 aliphatic carbocycles. The molecule has 58 valence electrons. The van der Waals surface area contributed by atoms with E-state index in [9.17, 15) is 5.11 Å². The van der Waals surface area contributed by atoms with Crippen molar-refractivity contribution >= 4 is 0 Å². The zero-order valence-electron chi connectivity index (χ0n) is 6.96. The van der Waals surface area contributed by atoms with Crippen molar-refractivity contribution < 1.29 is 5.11 Å². The minimum Gasteiger partial charge on any atom is -0.382 e. The molecule has 1 N–H and O–H groups in total. The monoisotopic (exact) mass is 140 g/mol. The number of allylic oxidation sites excluding steroid dienone is 1. The largest absolute Gasteiger partial charge is 0.382 e. The van der Waals surface area contributed by atoms with Crippen LogP contribution in [-0.4, -0.2) is 10.7 Å². The van der Waals surface area contributed by atoms with Gasteiger partial charge in [-0.3, -0.25) is 0 Å². The van der Waals surface area contributed by atoms with Crippen LogP contribution in [0.25, 0.3) is 0 Å². The van der Waals surface area contributed by atoms with Gasteiger partial charge in [-0.1, -0.05) is 38.7 Å². The second-order valence-electron chi connectivity index (χ2n) is 3.03. The molecule has 0 saturated carbocycles. The number of rotatable bonds is 3. The Hall–Kier alpha value is -0.560. The van der Waals surface area contributed by atoms with Crippen molar-refractivity contribution in [2.75, 3.05) is 0 Å². The summed E-state index contributed by atoms with van der Waals surface area (Å²) in [5.74, 6) is 0.478. The zero-order chi connectivity index (χ0) is 8.20. The average Bonchev–Trinajstić information content (AvgIpc) is 1.85. The Morgan fingerprint density at radius 2 is 2.00 bits per heavy atom. The van der Waals surface area contributed by atoms with E-state index in [2.05, 4.69) is 20.4 Å². The van der Waals surface area contributed by atoms with Crippen LogP contribution < -0.4 is 0 Å². The summed E-state index contributed by atoms with van der Waals surface area (Å²) in [6.45, 7) is 9.35. The van der Waals surface area contributed by atoms with Crippen molar-refractivity contribution in [2.45, 2.75) is 26.4 Å². The summed E-state index contributed by atoms with van der Waals surface area (Å²) in [6, 6.07) is 0. The van der Waals surface area contributed by atoms with E-state index in [1.807, 2.05) is 6.08 Å². The van der Waals surface area contributed by atoms with E-state index < -0.39 is 5.60 Å². The van der Waals surface area contributed by atoms with Gasteiger partial charge in [0.25, 0.3) is 0 Å². The summed E-state index contributed by atoms with van der Waals surface area (Å²) in [7, 11) is 0. The normalized spacial score (nSPS) is 17.7. The second-order valence-corrected chi connectivity index (χ2v) is 3.03. The highest BCUT2D eigenvalue weighted by molar-refractivity contribution is 5.08. The van der Waals surface area contributed by atoms with Crippen molar-refractivity contribution in [3.05, 3.63) is 24.8 Å². The third kappa shape index (κ3) is 4.33. The molecule has 0 radical (unpaired) electrons. The van der Waals surface area contributed by atoms with Crippen LogP contribution in [0.5, 0.6) is 0 Å². The lowest BCUT2D eigenvalue weighted by molar-refractivity contribution is 0.164. The molecule has 0 spiro atoms. The third-order valence-corrected chi connectivity index (χ3v) is 1.23. The van der Waals surface area contributed by atoms with Gasteiger partial charge in [0.05, 0.1) is 5.60 Å². The minimum atomic E-state index is -0.843. The Morgan fingerprint density at radius 1 is 1.50 bits per heavy atom. The molecule has 1 atom stereocenters. The highest BCUT2D eigenvalue weighted by atomic mass is 16.3. The zero-order valence-corrected chi connectivity index (χ0v) is 6.96. The van der Waals surface area contributed by atoms with Gasteiger partial charge in [-0.2, -0.15) is 0 Å². The van der Waals surface area contributed by atoms with Crippen molar-refractivity contribution in [1.29, 1.82) is 0 Å². The molecule has 0 aromatic heterocycles. The van der Waals surface area contributed by atoms with Crippen LogP contribution in [0.3, 0.4) is 0 Å². The SMILES string of the molecule is C=CC(C)(O)/C=C/C(C)C. The fourth-order valence-electron chi connectivity index (χ4n) is 0.455. The first-order valence-corrected chi connectivity index (χ1v) is 3.53. The third-order valence-electron chi connectivity index (χ3n) is 1.23. The second kappa shape index (κ2) is 3.57. The molecule has 1 nitrogen and oxygen atoms in total. The summed E-state index contributed by atoms with van der Waals surface area (Å²) in [5, 5.41) is 9.37. The first kappa shape index (κ1) is 9.44. The molecule has 0 aromatic rings. The summed E-state index contributed by atoms with van der Waals surface area (Å²) in [6.07, 6.45) is 5.23. The maximum Gasteiger partial charge on any atom is 0.0978 e. The van der Waals surface area contributed by atoms with Gasteiger partial charge in [-0.25, -0.2) is 0 Å². The highest BCUT2D eigenvalue weighted by Crippen LogP contribution is 2.07. The molecule has 0 aromatic carbocycles. The summed E-state index contributed by atoms with van der Waals surface area (Å²) < 4.78 is 0. The molecule has 1 unspecified atom stereocenters. The summed E-state index contributed by atoms with van der Waals surface area (Å²) in [5.41, 5.74) is -0.843. The lowest BCUT2D eigenvalue weighted by Crippen LogP contribution is -2.16. The van der Waals surface area contributed by atoms with E-state index in [0.29, 0.717) is 5.92 Å². The fourth-order valence-corrected chi connectivity index (χ4v) is 0.455. The molecule has 10 heavy (non-hydrogen) atoms. The van der Waals surface area contributed by atoms with E-state index in [1.165, 1.54) is 6.08 Å². The number of hydrogen-bond acceptors (Lipinski definition) is 1. The fraction of sp³-hybridized carbons (Fsp3) is 0.556. The van der Waals surface area contributed by atoms with Crippen LogP contribution in [0, 0.1) is 5.92 Å². The predicted molar refractivity (Wildman–Crippen MR) is 44.8 cm³/mol. The van der Waals surface area contributed by atoms with Crippen LogP contribution >= 0.6 is 0 Å². The maximum absolute atomic E-state index is 9.37. The van der Waals surface area contributed by atoms with E-state index in [0.717, 1.165) is 0 Å². The Morgan fingerprint density at radius 3 is 2.30 bits per heavy atom. The van der Waals surface area contributed by atoms with Gasteiger partial charge in [0.2, 0.25) is 0 Å². The van der Waals surface area contributed by atoms with Crippen LogP contribution in [0.2, 0.25) is 0 Å². The molecule has 0 amide bonds. The predicted octanol–water partition coefficient (Wildman–Crippen LogP) is 2.14. The molecule has 0 bridgehead atoms. The molecule has 0 fully saturated rings. The van der Waals surface area contributed by atoms with Crippen molar-refractivity contribution in [3.63, 3.8) is 0 Å². The Balaban J connectivity index is 3.98. The topological polar surface area (TPSA) is 20.2 Å². The van der Waals surface area contributed by atoms with Crippen molar-refractivity contribution in [2.24, 2.45) is 5.92 Å². The van der Waals surface area contributed by atoms with E-state index >= 15 is 0 Å². The average molecular weight is 140 g/mol. The summed E-state index contributed by atoms with van der Waals surface area (Å²) in [4.78, 5) is 0. The molecule has 0 aliphatic heterocycles.